The molecule has 3 rings (SSSR count). The van der Waals surface area contributed by atoms with Crippen LogP contribution in [-0.2, 0) is 6.54 Å². The third kappa shape index (κ3) is 3.98. The number of hydrogen-bond donors (Lipinski definition) is 0. The van der Waals surface area contributed by atoms with Crippen LogP contribution in [0.2, 0.25) is 0 Å². The third-order valence-corrected chi connectivity index (χ3v) is 4.53. The van der Waals surface area contributed by atoms with Gasteiger partial charge in [0.15, 0.2) is 5.82 Å². The second-order valence-electron chi connectivity index (χ2n) is 6.62. The lowest BCUT2D eigenvalue weighted by molar-refractivity contribution is 0.0845. The standard InChI is InChI=1S/C18H26N4O/c1-14(2)17-19-18(23-20-17)15(3)22-11-9-21(10-12-22)13-16-7-5-4-6-8-16/h4-8,14-15H,9-13H2,1-3H3. The number of piperazine rings is 1. The first-order chi connectivity index (χ1) is 11.1. The van der Waals surface area contributed by atoms with Crippen molar-refractivity contribution >= 4 is 0 Å². The van der Waals surface area contributed by atoms with Crippen LogP contribution in [0.3, 0.4) is 0 Å². The van der Waals surface area contributed by atoms with Gasteiger partial charge in [-0.15, -0.1) is 0 Å². The van der Waals surface area contributed by atoms with E-state index in [1.165, 1.54) is 5.56 Å². The fourth-order valence-corrected chi connectivity index (χ4v) is 2.96. The van der Waals surface area contributed by atoms with Gasteiger partial charge in [0.25, 0.3) is 0 Å². The molecule has 1 aliphatic rings. The maximum Gasteiger partial charge on any atom is 0.243 e. The first-order valence-corrected chi connectivity index (χ1v) is 8.47. The first kappa shape index (κ1) is 16.1. The quantitative estimate of drug-likeness (QED) is 0.848. The van der Waals surface area contributed by atoms with Gasteiger partial charge in [0.05, 0.1) is 6.04 Å². The molecule has 23 heavy (non-hydrogen) atoms. The van der Waals surface area contributed by atoms with Gasteiger partial charge in [-0.25, -0.2) is 0 Å². The Morgan fingerprint density at radius 3 is 2.35 bits per heavy atom. The Kier molecular flexibility index (Phi) is 5.08. The van der Waals surface area contributed by atoms with E-state index in [2.05, 4.69) is 71.0 Å². The predicted molar refractivity (Wildman–Crippen MR) is 90.1 cm³/mol. The fraction of sp³-hybridized carbons (Fsp3) is 0.556. The van der Waals surface area contributed by atoms with Gasteiger partial charge in [-0.05, 0) is 12.5 Å². The van der Waals surface area contributed by atoms with Gasteiger partial charge < -0.3 is 4.52 Å². The molecule has 0 saturated carbocycles. The molecule has 0 spiro atoms. The minimum absolute atomic E-state index is 0.189. The summed E-state index contributed by atoms with van der Waals surface area (Å²) in [5, 5.41) is 4.08. The van der Waals surface area contributed by atoms with E-state index in [0.717, 1.165) is 44.4 Å². The van der Waals surface area contributed by atoms with Crippen LogP contribution in [0.25, 0.3) is 0 Å². The van der Waals surface area contributed by atoms with Crippen molar-refractivity contribution in [3.05, 3.63) is 47.6 Å². The molecule has 2 aromatic rings. The molecule has 1 saturated heterocycles. The molecular weight excluding hydrogens is 288 g/mol. The van der Waals surface area contributed by atoms with Crippen LogP contribution < -0.4 is 0 Å². The summed E-state index contributed by atoms with van der Waals surface area (Å²) in [6.07, 6.45) is 0. The molecule has 1 aromatic heterocycles. The topological polar surface area (TPSA) is 45.4 Å². The first-order valence-electron chi connectivity index (χ1n) is 8.47. The third-order valence-electron chi connectivity index (χ3n) is 4.53. The highest BCUT2D eigenvalue weighted by molar-refractivity contribution is 5.14. The van der Waals surface area contributed by atoms with Gasteiger partial charge in [0.1, 0.15) is 0 Å². The minimum Gasteiger partial charge on any atom is -0.338 e. The maximum absolute atomic E-state index is 5.45. The van der Waals surface area contributed by atoms with Crippen LogP contribution in [-0.4, -0.2) is 46.1 Å². The lowest BCUT2D eigenvalue weighted by Gasteiger charge is -2.36. The van der Waals surface area contributed by atoms with Crippen LogP contribution in [0.15, 0.2) is 34.9 Å². The maximum atomic E-state index is 5.45. The molecule has 5 nitrogen and oxygen atoms in total. The van der Waals surface area contributed by atoms with Gasteiger partial charge in [-0.3, -0.25) is 9.80 Å². The smallest absolute Gasteiger partial charge is 0.243 e. The molecule has 1 fully saturated rings. The van der Waals surface area contributed by atoms with Crippen molar-refractivity contribution in [3.8, 4) is 0 Å². The van der Waals surface area contributed by atoms with Crippen LogP contribution in [0.5, 0.6) is 0 Å². The minimum atomic E-state index is 0.189. The number of hydrogen-bond acceptors (Lipinski definition) is 5. The zero-order chi connectivity index (χ0) is 16.2. The van der Waals surface area contributed by atoms with Crippen molar-refractivity contribution < 1.29 is 4.52 Å². The summed E-state index contributed by atoms with van der Waals surface area (Å²) >= 11 is 0. The summed E-state index contributed by atoms with van der Waals surface area (Å²) in [5.41, 5.74) is 1.38. The van der Waals surface area contributed by atoms with E-state index in [1.54, 1.807) is 0 Å². The van der Waals surface area contributed by atoms with Gasteiger partial charge >= 0.3 is 0 Å². The Hall–Kier alpha value is -1.72. The Balaban J connectivity index is 1.53. The van der Waals surface area contributed by atoms with Crippen molar-refractivity contribution in [2.75, 3.05) is 26.2 Å². The molecule has 124 valence electrons. The summed E-state index contributed by atoms with van der Waals surface area (Å²) in [6, 6.07) is 10.9. The van der Waals surface area contributed by atoms with Crippen molar-refractivity contribution in [1.29, 1.82) is 0 Å². The van der Waals surface area contributed by atoms with Gasteiger partial charge in [0.2, 0.25) is 5.89 Å². The molecule has 0 radical (unpaired) electrons. The Labute approximate surface area is 138 Å². The molecule has 0 N–H and O–H groups in total. The molecule has 0 aliphatic carbocycles. The van der Waals surface area contributed by atoms with E-state index in [4.69, 9.17) is 4.52 Å². The summed E-state index contributed by atoms with van der Waals surface area (Å²) in [6.45, 7) is 11.6. The van der Waals surface area contributed by atoms with E-state index in [-0.39, 0.29) is 6.04 Å². The number of benzene rings is 1. The monoisotopic (exact) mass is 314 g/mol. The van der Waals surface area contributed by atoms with Crippen molar-refractivity contribution in [1.82, 2.24) is 19.9 Å². The Bertz CT molecular complexity index is 602. The number of nitrogens with zero attached hydrogens (tertiary/aromatic N) is 4. The van der Waals surface area contributed by atoms with Gasteiger partial charge in [-0.1, -0.05) is 49.3 Å². The molecule has 5 heteroatoms. The van der Waals surface area contributed by atoms with Crippen LogP contribution >= 0.6 is 0 Å². The van der Waals surface area contributed by atoms with Gasteiger partial charge in [-0.2, -0.15) is 4.98 Å². The van der Waals surface area contributed by atoms with E-state index >= 15 is 0 Å². The number of aromatic nitrogens is 2. The predicted octanol–water partition coefficient (Wildman–Crippen LogP) is 3.07. The summed E-state index contributed by atoms with van der Waals surface area (Å²) in [5.74, 6) is 1.85. The molecule has 1 aliphatic heterocycles. The highest BCUT2D eigenvalue weighted by atomic mass is 16.5. The summed E-state index contributed by atoms with van der Waals surface area (Å²) in [7, 11) is 0. The lowest BCUT2D eigenvalue weighted by atomic mass is 10.1. The molecule has 1 aromatic carbocycles. The molecule has 0 bridgehead atoms. The average Bonchev–Trinajstić information content (AvgIpc) is 3.06. The largest absolute Gasteiger partial charge is 0.338 e. The number of rotatable bonds is 5. The Morgan fingerprint density at radius 1 is 1.04 bits per heavy atom. The average molecular weight is 314 g/mol. The molecule has 1 atom stereocenters. The second kappa shape index (κ2) is 7.23. The normalized spacial score (nSPS) is 18.4. The fourth-order valence-electron chi connectivity index (χ4n) is 2.96. The molecular formula is C18H26N4O. The van der Waals surface area contributed by atoms with Crippen molar-refractivity contribution in [3.63, 3.8) is 0 Å². The van der Waals surface area contributed by atoms with Crippen LogP contribution in [0, 0.1) is 0 Å². The van der Waals surface area contributed by atoms with Gasteiger partial charge in [0, 0.05) is 38.6 Å². The van der Waals surface area contributed by atoms with Crippen molar-refractivity contribution in [2.45, 2.75) is 39.3 Å². The Morgan fingerprint density at radius 2 is 1.74 bits per heavy atom. The van der Waals surface area contributed by atoms with E-state index in [0.29, 0.717) is 5.92 Å². The zero-order valence-electron chi connectivity index (χ0n) is 14.3. The molecule has 1 unspecified atom stereocenters. The molecule has 0 amide bonds. The van der Waals surface area contributed by atoms with E-state index < -0.39 is 0 Å². The SMILES string of the molecule is CC(C)c1noc(C(C)N2CCN(Cc3ccccc3)CC2)n1. The van der Waals surface area contributed by atoms with Crippen LogP contribution in [0.4, 0.5) is 0 Å². The van der Waals surface area contributed by atoms with Crippen LogP contribution in [0.1, 0.15) is 50.0 Å². The zero-order valence-corrected chi connectivity index (χ0v) is 14.3. The lowest BCUT2D eigenvalue weighted by Crippen LogP contribution is -2.46. The highest BCUT2D eigenvalue weighted by Crippen LogP contribution is 2.22. The summed E-state index contributed by atoms with van der Waals surface area (Å²) < 4.78 is 5.45. The van der Waals surface area contributed by atoms with E-state index in [9.17, 15) is 0 Å². The van der Waals surface area contributed by atoms with E-state index in [1.807, 2.05) is 0 Å². The second-order valence-corrected chi connectivity index (χ2v) is 6.62. The summed E-state index contributed by atoms with van der Waals surface area (Å²) in [4.78, 5) is 9.47. The highest BCUT2D eigenvalue weighted by Gasteiger charge is 2.26. The van der Waals surface area contributed by atoms with Crippen molar-refractivity contribution in [2.24, 2.45) is 0 Å². The molecule has 2 heterocycles.